The number of nitrogens with zero attached hydrogens (tertiary/aromatic N) is 1. The summed E-state index contributed by atoms with van der Waals surface area (Å²) in [5.41, 5.74) is 4.76. The molecule has 0 fully saturated rings. The minimum atomic E-state index is 1.09. The van der Waals surface area contributed by atoms with Crippen LogP contribution in [0.15, 0.2) is 6.07 Å². The monoisotopic (exact) mass is 176 g/mol. The number of hydrogen-bond donors (Lipinski definition) is 1. The van der Waals surface area contributed by atoms with Crippen LogP contribution >= 0.6 is 0 Å². The van der Waals surface area contributed by atoms with E-state index in [4.69, 9.17) is 0 Å². The Bertz CT molecular complexity index is 295. The Morgan fingerprint density at radius 2 is 2.23 bits per heavy atom. The largest absolute Gasteiger partial charge is 0.348 e. The molecule has 0 aliphatic carbocycles. The molecule has 13 heavy (non-hydrogen) atoms. The van der Waals surface area contributed by atoms with Crippen LogP contribution in [-0.4, -0.2) is 11.1 Å². The Kier molecular flexibility index (Phi) is 1.69. The van der Waals surface area contributed by atoms with Crippen LogP contribution < -0.4 is 5.32 Å². The van der Waals surface area contributed by atoms with Gasteiger partial charge in [-0.25, -0.2) is 0 Å². The van der Waals surface area contributed by atoms with Crippen LogP contribution in [0, 0.1) is 0 Å². The van der Waals surface area contributed by atoms with E-state index in [0.29, 0.717) is 0 Å². The first-order chi connectivity index (χ1) is 6.45. The lowest BCUT2D eigenvalue weighted by Crippen LogP contribution is -2.25. The molecule has 2 nitrogen and oxygen atoms in total. The molecule has 0 saturated heterocycles. The van der Waals surface area contributed by atoms with Crippen LogP contribution in [0.2, 0.25) is 0 Å². The van der Waals surface area contributed by atoms with E-state index in [2.05, 4.69) is 16.0 Å². The molecule has 2 aliphatic rings. The quantitative estimate of drug-likeness (QED) is 0.633. The van der Waals surface area contributed by atoms with Crippen LogP contribution in [0.3, 0.4) is 0 Å². The number of rotatable bonds is 0. The van der Waals surface area contributed by atoms with E-state index in [1.54, 1.807) is 17.0 Å². The highest BCUT2D eigenvalue weighted by atomic mass is 15.0. The van der Waals surface area contributed by atoms with Crippen molar-refractivity contribution in [2.24, 2.45) is 0 Å². The minimum Gasteiger partial charge on any atom is -0.348 e. The van der Waals surface area contributed by atoms with Crippen molar-refractivity contribution in [1.82, 2.24) is 9.88 Å². The van der Waals surface area contributed by atoms with E-state index in [0.717, 1.165) is 13.1 Å². The molecule has 1 aromatic rings. The predicted octanol–water partition coefficient (Wildman–Crippen LogP) is 1.47. The summed E-state index contributed by atoms with van der Waals surface area (Å²) < 4.78 is 2.57. The molecule has 0 unspecified atom stereocenters. The number of aromatic nitrogens is 1. The Hall–Kier alpha value is -0.760. The van der Waals surface area contributed by atoms with Gasteiger partial charge < -0.3 is 9.88 Å². The highest BCUT2D eigenvalue weighted by molar-refractivity contribution is 5.31. The van der Waals surface area contributed by atoms with Crippen LogP contribution in [-0.2, 0) is 25.9 Å². The van der Waals surface area contributed by atoms with Crippen LogP contribution in [0.25, 0.3) is 0 Å². The van der Waals surface area contributed by atoms with Crippen molar-refractivity contribution in [3.05, 3.63) is 23.0 Å². The fraction of sp³-hybridized carbons (Fsp3) is 0.636. The molecular formula is C11H16N2. The molecule has 1 N–H and O–H groups in total. The second-order valence-electron chi connectivity index (χ2n) is 4.14. The number of nitrogens with one attached hydrogen (secondary N) is 1. The molecule has 2 heteroatoms. The van der Waals surface area contributed by atoms with Gasteiger partial charge in [0.2, 0.25) is 0 Å². The van der Waals surface area contributed by atoms with Gasteiger partial charge in [-0.15, -0.1) is 0 Å². The summed E-state index contributed by atoms with van der Waals surface area (Å²) in [6.07, 6.45) is 5.29. The summed E-state index contributed by atoms with van der Waals surface area (Å²) in [6, 6.07) is 2.42. The maximum atomic E-state index is 3.44. The fourth-order valence-electron chi connectivity index (χ4n) is 2.65. The zero-order valence-corrected chi connectivity index (χ0v) is 7.97. The lowest BCUT2D eigenvalue weighted by Gasteiger charge is -2.20. The second-order valence-corrected chi connectivity index (χ2v) is 4.14. The topological polar surface area (TPSA) is 17.0 Å². The highest BCUT2D eigenvalue weighted by Crippen LogP contribution is 2.24. The van der Waals surface area contributed by atoms with E-state index in [1.807, 2.05) is 0 Å². The summed E-state index contributed by atoms with van der Waals surface area (Å²) in [4.78, 5) is 0. The van der Waals surface area contributed by atoms with Gasteiger partial charge in [0.05, 0.1) is 0 Å². The third-order valence-electron chi connectivity index (χ3n) is 3.30. The Balaban J connectivity index is 2.09. The maximum absolute atomic E-state index is 3.44. The van der Waals surface area contributed by atoms with Gasteiger partial charge in [0.15, 0.2) is 0 Å². The molecule has 0 radical (unpaired) electrons. The zero-order valence-electron chi connectivity index (χ0n) is 7.97. The van der Waals surface area contributed by atoms with Crippen molar-refractivity contribution < 1.29 is 0 Å². The third-order valence-corrected chi connectivity index (χ3v) is 3.30. The van der Waals surface area contributed by atoms with Crippen molar-refractivity contribution in [3.8, 4) is 0 Å². The molecule has 2 aliphatic heterocycles. The average molecular weight is 176 g/mol. The lowest BCUT2D eigenvalue weighted by atomic mass is 10.1. The molecular weight excluding hydrogens is 160 g/mol. The van der Waals surface area contributed by atoms with Gasteiger partial charge in [0, 0.05) is 37.4 Å². The van der Waals surface area contributed by atoms with Crippen molar-refractivity contribution in [2.45, 2.75) is 38.8 Å². The van der Waals surface area contributed by atoms with E-state index < -0.39 is 0 Å². The molecule has 3 heterocycles. The molecule has 0 spiro atoms. The van der Waals surface area contributed by atoms with Crippen molar-refractivity contribution in [1.29, 1.82) is 0 Å². The number of hydrogen-bond acceptors (Lipinski definition) is 1. The summed E-state index contributed by atoms with van der Waals surface area (Å²) in [5.74, 6) is 0. The number of aryl methyl sites for hydroxylation is 1. The van der Waals surface area contributed by atoms with Gasteiger partial charge >= 0.3 is 0 Å². The first-order valence-corrected chi connectivity index (χ1v) is 5.36. The average Bonchev–Trinajstić information content (AvgIpc) is 2.56. The van der Waals surface area contributed by atoms with Crippen molar-refractivity contribution in [2.75, 3.05) is 6.54 Å². The minimum absolute atomic E-state index is 1.09. The fourth-order valence-corrected chi connectivity index (χ4v) is 2.65. The Labute approximate surface area is 78.9 Å². The lowest BCUT2D eigenvalue weighted by molar-refractivity contribution is 0.504. The standard InChI is InChI=1S/C11H16N2/c1-2-6-13-10(3-1)7-9-8-12-5-4-11(9)13/h7,12H,1-6,8H2. The smallest absolute Gasteiger partial charge is 0.0235 e. The summed E-state index contributed by atoms with van der Waals surface area (Å²) in [5, 5.41) is 3.44. The predicted molar refractivity (Wildman–Crippen MR) is 52.8 cm³/mol. The van der Waals surface area contributed by atoms with Gasteiger partial charge in [-0.2, -0.15) is 0 Å². The second kappa shape index (κ2) is 2.88. The van der Waals surface area contributed by atoms with Crippen LogP contribution in [0.5, 0.6) is 0 Å². The van der Waals surface area contributed by atoms with Crippen molar-refractivity contribution >= 4 is 0 Å². The highest BCUT2D eigenvalue weighted by Gasteiger charge is 2.19. The maximum Gasteiger partial charge on any atom is 0.0235 e. The van der Waals surface area contributed by atoms with Gasteiger partial charge in [-0.3, -0.25) is 0 Å². The molecule has 0 amide bonds. The summed E-state index contributed by atoms with van der Waals surface area (Å²) in [7, 11) is 0. The van der Waals surface area contributed by atoms with Crippen LogP contribution in [0.1, 0.15) is 29.8 Å². The van der Waals surface area contributed by atoms with E-state index in [1.165, 1.54) is 32.2 Å². The van der Waals surface area contributed by atoms with E-state index in [9.17, 15) is 0 Å². The molecule has 0 saturated carbocycles. The van der Waals surface area contributed by atoms with Gasteiger partial charge in [-0.05, 0) is 30.9 Å². The van der Waals surface area contributed by atoms with Gasteiger partial charge in [0.1, 0.15) is 0 Å². The van der Waals surface area contributed by atoms with Gasteiger partial charge in [0.25, 0.3) is 0 Å². The van der Waals surface area contributed by atoms with Crippen LogP contribution in [0.4, 0.5) is 0 Å². The molecule has 0 aromatic carbocycles. The molecule has 3 rings (SSSR count). The SMILES string of the molecule is c1c2c(n3c1CCCC3)CCNC2. The normalized spacial score (nSPS) is 20.9. The van der Waals surface area contributed by atoms with Gasteiger partial charge in [-0.1, -0.05) is 0 Å². The first-order valence-electron chi connectivity index (χ1n) is 5.36. The Morgan fingerprint density at radius 1 is 1.23 bits per heavy atom. The Morgan fingerprint density at radius 3 is 3.23 bits per heavy atom. The molecule has 70 valence electrons. The van der Waals surface area contributed by atoms with Crippen molar-refractivity contribution in [3.63, 3.8) is 0 Å². The van der Waals surface area contributed by atoms with E-state index >= 15 is 0 Å². The molecule has 0 bridgehead atoms. The zero-order chi connectivity index (χ0) is 8.67. The number of fused-ring (bicyclic) bond motifs is 3. The van der Waals surface area contributed by atoms with E-state index in [-0.39, 0.29) is 0 Å². The summed E-state index contributed by atoms with van der Waals surface area (Å²) in [6.45, 7) is 3.52. The third kappa shape index (κ3) is 1.12. The molecule has 0 atom stereocenters. The summed E-state index contributed by atoms with van der Waals surface area (Å²) >= 11 is 0. The first kappa shape index (κ1) is 7.63. The molecule has 1 aromatic heterocycles.